The van der Waals surface area contributed by atoms with Gasteiger partial charge in [-0.3, -0.25) is 19.3 Å². The van der Waals surface area contributed by atoms with Gasteiger partial charge in [-0.25, -0.2) is 13.4 Å². The van der Waals surface area contributed by atoms with E-state index in [1.165, 1.54) is 10.6 Å². The SMILES string of the molecule is Cc1ccccc1-n1c(CN=C2N=CN(C)C(N)C2=C(N)CN2CCN(S(C)(=O)=O)CC2)cc2cccc(C)c2c1=O. The van der Waals surface area contributed by atoms with Crippen LogP contribution < -0.4 is 17.0 Å². The Labute approximate surface area is 246 Å². The Morgan fingerprint density at radius 2 is 1.74 bits per heavy atom. The van der Waals surface area contributed by atoms with Crippen molar-refractivity contribution >= 4 is 33.0 Å². The molecule has 12 heteroatoms. The molecule has 222 valence electrons. The van der Waals surface area contributed by atoms with E-state index in [4.69, 9.17) is 16.5 Å². The van der Waals surface area contributed by atoms with Crippen LogP contribution in [-0.2, 0) is 16.6 Å². The molecule has 1 unspecified atom stereocenters. The van der Waals surface area contributed by atoms with Crippen LogP contribution in [0.15, 0.2) is 74.6 Å². The maximum atomic E-state index is 13.9. The fourth-order valence-corrected chi connectivity index (χ4v) is 6.39. The number of sulfonamides is 1. The number of nitrogens with two attached hydrogens (primary N) is 2. The highest BCUT2D eigenvalue weighted by molar-refractivity contribution is 7.88. The van der Waals surface area contributed by atoms with Crippen LogP contribution in [0.1, 0.15) is 16.8 Å². The van der Waals surface area contributed by atoms with E-state index in [1.54, 1.807) is 15.8 Å². The average Bonchev–Trinajstić information content (AvgIpc) is 2.94. The quantitative estimate of drug-likeness (QED) is 0.444. The molecule has 0 amide bonds. The van der Waals surface area contributed by atoms with Crippen LogP contribution in [0.2, 0.25) is 0 Å². The van der Waals surface area contributed by atoms with Crippen LogP contribution in [-0.4, -0.2) is 91.5 Å². The summed E-state index contributed by atoms with van der Waals surface area (Å²) in [5.41, 5.74) is 17.7. The molecular weight excluding hydrogens is 552 g/mol. The first-order chi connectivity index (χ1) is 20.0. The molecule has 1 atom stereocenters. The summed E-state index contributed by atoms with van der Waals surface area (Å²) in [4.78, 5) is 27.3. The lowest BCUT2D eigenvalue weighted by atomic mass is 10.0. The van der Waals surface area contributed by atoms with Gasteiger partial charge in [-0.2, -0.15) is 4.31 Å². The van der Waals surface area contributed by atoms with E-state index >= 15 is 0 Å². The number of para-hydroxylation sites is 1. The summed E-state index contributed by atoms with van der Waals surface area (Å²) in [6.45, 7) is 6.45. The van der Waals surface area contributed by atoms with Crippen LogP contribution in [0.4, 0.5) is 0 Å². The molecule has 3 heterocycles. The number of aliphatic imine (C=N–C) groups is 2. The number of benzene rings is 2. The van der Waals surface area contributed by atoms with Crippen molar-refractivity contribution in [1.82, 2.24) is 18.7 Å². The minimum Gasteiger partial charge on any atom is -0.401 e. The smallest absolute Gasteiger partial charge is 0.263 e. The van der Waals surface area contributed by atoms with Crippen molar-refractivity contribution in [3.8, 4) is 5.69 Å². The Balaban J connectivity index is 1.53. The van der Waals surface area contributed by atoms with E-state index in [9.17, 15) is 13.2 Å². The molecule has 1 aromatic heterocycles. The third-order valence-electron chi connectivity index (χ3n) is 7.96. The fourth-order valence-electron chi connectivity index (χ4n) is 5.57. The van der Waals surface area contributed by atoms with E-state index in [0.717, 1.165) is 27.9 Å². The van der Waals surface area contributed by atoms with Gasteiger partial charge in [0.2, 0.25) is 10.0 Å². The van der Waals surface area contributed by atoms with Gasteiger partial charge in [-0.05, 0) is 42.5 Å². The summed E-state index contributed by atoms with van der Waals surface area (Å²) >= 11 is 0. The third kappa shape index (κ3) is 5.88. The summed E-state index contributed by atoms with van der Waals surface area (Å²) in [6.07, 6.45) is 2.30. The molecule has 2 aliphatic heterocycles. The number of aromatic nitrogens is 1. The molecule has 0 spiro atoms. The zero-order valence-electron chi connectivity index (χ0n) is 24.5. The highest BCUT2D eigenvalue weighted by Crippen LogP contribution is 2.23. The lowest BCUT2D eigenvalue weighted by Gasteiger charge is -2.35. The molecule has 0 saturated carbocycles. The minimum absolute atomic E-state index is 0.0952. The topological polar surface area (TPSA) is 143 Å². The van der Waals surface area contributed by atoms with Gasteiger partial charge in [-0.1, -0.05) is 36.4 Å². The van der Waals surface area contributed by atoms with Crippen LogP contribution in [0.3, 0.4) is 0 Å². The van der Waals surface area contributed by atoms with Crippen molar-refractivity contribution in [2.24, 2.45) is 21.5 Å². The maximum Gasteiger partial charge on any atom is 0.263 e. The standard InChI is InChI=1S/C30H38N8O3S/c1-20-8-5-6-11-25(20)38-23(16-22-10-7-9-21(2)26(22)30(38)39)17-33-29-27(28(32)35(3)19-34-29)24(31)18-36-12-14-37(15-13-36)42(4,40)41/h5-11,16,19,28H,12-15,17-18,31-32H2,1-4H3. The van der Waals surface area contributed by atoms with E-state index in [-0.39, 0.29) is 12.1 Å². The number of piperazine rings is 1. The van der Waals surface area contributed by atoms with Crippen molar-refractivity contribution in [1.29, 1.82) is 0 Å². The summed E-state index contributed by atoms with van der Waals surface area (Å²) in [5, 5.41) is 1.53. The van der Waals surface area contributed by atoms with E-state index in [1.807, 2.05) is 69.4 Å². The number of pyridine rings is 1. The van der Waals surface area contributed by atoms with Crippen LogP contribution >= 0.6 is 0 Å². The van der Waals surface area contributed by atoms with E-state index < -0.39 is 16.2 Å². The number of hydrogen-bond donors (Lipinski definition) is 2. The molecular formula is C30H38N8O3S. The van der Waals surface area contributed by atoms with Gasteiger partial charge < -0.3 is 16.4 Å². The zero-order chi connectivity index (χ0) is 30.2. The molecule has 0 bridgehead atoms. The highest BCUT2D eigenvalue weighted by atomic mass is 32.2. The summed E-state index contributed by atoms with van der Waals surface area (Å²) < 4.78 is 27.0. The molecule has 4 N–H and O–H groups in total. The van der Waals surface area contributed by atoms with Gasteiger partial charge >= 0.3 is 0 Å². The lowest BCUT2D eigenvalue weighted by Crippen LogP contribution is -2.50. The Kier molecular flexibility index (Phi) is 8.33. The second kappa shape index (κ2) is 11.8. The monoisotopic (exact) mass is 590 g/mol. The Morgan fingerprint density at radius 3 is 2.43 bits per heavy atom. The fraction of sp³-hybridized carbons (Fsp3) is 0.367. The molecule has 42 heavy (non-hydrogen) atoms. The number of rotatable bonds is 6. The molecule has 11 nitrogen and oxygen atoms in total. The molecule has 2 aromatic carbocycles. The average molecular weight is 591 g/mol. The molecule has 5 rings (SSSR count). The second-order valence-electron chi connectivity index (χ2n) is 11.0. The number of likely N-dealkylation sites (N-methyl/N-ethyl adjacent to an activating group) is 1. The number of nitrogens with zero attached hydrogens (tertiary/aromatic N) is 6. The van der Waals surface area contributed by atoms with Crippen LogP contribution in [0.25, 0.3) is 16.5 Å². The first-order valence-electron chi connectivity index (χ1n) is 13.9. The van der Waals surface area contributed by atoms with Crippen LogP contribution in [0, 0.1) is 13.8 Å². The van der Waals surface area contributed by atoms with Gasteiger partial charge in [0.25, 0.3) is 5.56 Å². The Hall–Kier alpha value is -3.84. The Bertz CT molecular complexity index is 1770. The molecule has 1 fully saturated rings. The van der Waals surface area contributed by atoms with Crippen molar-refractivity contribution in [3.63, 3.8) is 0 Å². The van der Waals surface area contributed by atoms with E-state index in [0.29, 0.717) is 55.2 Å². The molecule has 3 aromatic rings. The van der Waals surface area contributed by atoms with Crippen LogP contribution in [0.5, 0.6) is 0 Å². The summed E-state index contributed by atoms with van der Waals surface area (Å²) in [7, 11) is -1.40. The molecule has 2 aliphatic rings. The third-order valence-corrected chi connectivity index (χ3v) is 9.26. The first kappa shape index (κ1) is 29.6. The number of aryl methyl sites for hydroxylation is 2. The van der Waals surface area contributed by atoms with E-state index in [2.05, 4.69) is 9.89 Å². The number of fused-ring (bicyclic) bond motifs is 1. The highest BCUT2D eigenvalue weighted by Gasteiger charge is 2.28. The van der Waals surface area contributed by atoms with Crippen molar-refractivity contribution < 1.29 is 8.42 Å². The first-order valence-corrected chi connectivity index (χ1v) is 15.7. The zero-order valence-corrected chi connectivity index (χ0v) is 25.3. The van der Waals surface area contributed by atoms with Crippen molar-refractivity contribution in [2.75, 3.05) is 46.0 Å². The van der Waals surface area contributed by atoms with Crippen molar-refractivity contribution in [2.45, 2.75) is 26.6 Å². The maximum absolute atomic E-state index is 13.9. The number of amidine groups is 1. The largest absolute Gasteiger partial charge is 0.401 e. The number of hydrogen-bond acceptors (Lipinski definition) is 8. The summed E-state index contributed by atoms with van der Waals surface area (Å²) in [5.74, 6) is 0.418. The minimum atomic E-state index is -3.23. The van der Waals surface area contributed by atoms with Gasteiger partial charge in [-0.15, -0.1) is 0 Å². The van der Waals surface area contributed by atoms with Gasteiger partial charge in [0, 0.05) is 51.2 Å². The Morgan fingerprint density at radius 1 is 1.05 bits per heavy atom. The summed E-state index contributed by atoms with van der Waals surface area (Å²) in [6, 6.07) is 15.6. The normalized spacial score (nSPS) is 20.9. The lowest BCUT2D eigenvalue weighted by molar-refractivity contribution is 0.200. The van der Waals surface area contributed by atoms with Gasteiger partial charge in [0.15, 0.2) is 5.84 Å². The molecule has 0 aliphatic carbocycles. The molecule has 1 saturated heterocycles. The second-order valence-corrected chi connectivity index (χ2v) is 13.0. The predicted molar refractivity (Wildman–Crippen MR) is 168 cm³/mol. The predicted octanol–water partition coefficient (Wildman–Crippen LogP) is 1.55. The van der Waals surface area contributed by atoms with Gasteiger partial charge in [0.05, 0.1) is 35.8 Å². The van der Waals surface area contributed by atoms with Crippen molar-refractivity contribution in [3.05, 3.63) is 87.0 Å². The van der Waals surface area contributed by atoms with Gasteiger partial charge in [0.1, 0.15) is 6.17 Å². The molecule has 0 radical (unpaired) electrons.